The molecule has 3 atom stereocenters. The van der Waals surface area contributed by atoms with Gasteiger partial charge in [0.2, 0.25) is 11.8 Å². The number of benzene rings is 1. The molecule has 1 aromatic carbocycles. The number of hydrogen-bond acceptors (Lipinski definition) is 6. The van der Waals surface area contributed by atoms with E-state index >= 15 is 0 Å². The highest BCUT2D eigenvalue weighted by atomic mass is 19.4. The van der Waals surface area contributed by atoms with Gasteiger partial charge >= 0.3 is 12.4 Å². The van der Waals surface area contributed by atoms with Gasteiger partial charge in [0.05, 0.1) is 5.92 Å². The Balaban J connectivity index is 1.45. The largest absolute Gasteiger partial charge is 0.573 e. The Labute approximate surface area is 205 Å². The van der Waals surface area contributed by atoms with Crippen LogP contribution in [-0.2, 0) is 16.0 Å². The predicted octanol–water partition coefficient (Wildman–Crippen LogP) is 2.68. The number of nitrogens with one attached hydrogen (secondary N) is 1. The molecule has 2 fully saturated rings. The summed E-state index contributed by atoms with van der Waals surface area (Å²) < 4.78 is 41.2. The van der Waals surface area contributed by atoms with Crippen molar-refractivity contribution in [2.75, 3.05) is 25.9 Å². The summed E-state index contributed by atoms with van der Waals surface area (Å²) in [6, 6.07) is 7.37. The number of imide groups is 1. The van der Waals surface area contributed by atoms with Gasteiger partial charge in [-0.25, -0.2) is 9.78 Å². The first-order valence-electron chi connectivity index (χ1n) is 11.5. The fourth-order valence-corrected chi connectivity index (χ4v) is 4.80. The number of likely N-dealkylation sites (tertiary alicyclic amines) is 2. The number of carbonyl (C=O) groups is 3. The van der Waals surface area contributed by atoms with Gasteiger partial charge in [-0.05, 0) is 54.7 Å². The van der Waals surface area contributed by atoms with Crippen LogP contribution in [0.2, 0.25) is 0 Å². The van der Waals surface area contributed by atoms with E-state index in [1.165, 1.54) is 42.4 Å². The van der Waals surface area contributed by atoms with Crippen LogP contribution in [0.4, 0.5) is 23.8 Å². The molecule has 0 saturated carbocycles. The van der Waals surface area contributed by atoms with E-state index in [0.29, 0.717) is 18.8 Å². The van der Waals surface area contributed by atoms with Crippen molar-refractivity contribution < 1.29 is 32.3 Å². The van der Waals surface area contributed by atoms with E-state index in [1.54, 1.807) is 12.1 Å². The zero-order valence-electron chi connectivity index (χ0n) is 19.5. The second-order valence-corrected chi connectivity index (χ2v) is 8.85. The Morgan fingerprint density at radius 3 is 2.58 bits per heavy atom. The summed E-state index contributed by atoms with van der Waals surface area (Å²) in [4.78, 5) is 45.4. The highest BCUT2D eigenvalue weighted by molar-refractivity contribution is 6.09. The average molecular weight is 505 g/mol. The van der Waals surface area contributed by atoms with Crippen molar-refractivity contribution in [1.29, 1.82) is 0 Å². The molecule has 9 nitrogen and oxygen atoms in total. The molecular weight excluding hydrogens is 479 g/mol. The number of β-lactam (4-membered cyclic amide) rings is 1. The van der Waals surface area contributed by atoms with Crippen LogP contribution in [0.5, 0.6) is 5.75 Å². The number of anilines is 1. The molecule has 1 aromatic heterocycles. The van der Waals surface area contributed by atoms with Gasteiger partial charge in [0, 0.05) is 32.3 Å². The molecule has 0 aliphatic carbocycles. The monoisotopic (exact) mass is 505 g/mol. The minimum absolute atomic E-state index is 0.131. The summed E-state index contributed by atoms with van der Waals surface area (Å²) >= 11 is 0. The number of nitrogen functional groups attached to an aromatic ring is 1. The summed E-state index contributed by atoms with van der Waals surface area (Å²) in [6.45, 7) is 0.675. The van der Waals surface area contributed by atoms with Crippen LogP contribution < -0.4 is 15.8 Å². The number of aromatic nitrogens is 1. The van der Waals surface area contributed by atoms with Crippen molar-refractivity contribution in [3.05, 3.63) is 53.7 Å². The smallest absolute Gasteiger partial charge is 0.406 e. The van der Waals surface area contributed by atoms with Gasteiger partial charge in [0.15, 0.2) is 0 Å². The zero-order chi connectivity index (χ0) is 26.0. The number of pyridine rings is 1. The lowest BCUT2D eigenvalue weighted by Crippen LogP contribution is -2.70. The summed E-state index contributed by atoms with van der Waals surface area (Å²) in [5.41, 5.74) is 7.21. The Hall–Kier alpha value is -3.83. The van der Waals surface area contributed by atoms with Crippen LogP contribution in [0.1, 0.15) is 29.9 Å². The molecule has 4 rings (SSSR count). The molecule has 36 heavy (non-hydrogen) atoms. The van der Waals surface area contributed by atoms with Crippen molar-refractivity contribution in [3.8, 4) is 5.75 Å². The average Bonchev–Trinajstić information content (AvgIpc) is 2.84. The minimum Gasteiger partial charge on any atom is -0.406 e. The Kier molecular flexibility index (Phi) is 7.04. The molecule has 2 aromatic rings. The van der Waals surface area contributed by atoms with E-state index in [0.717, 1.165) is 22.4 Å². The highest BCUT2D eigenvalue weighted by Gasteiger charge is 2.55. The molecule has 2 aliphatic rings. The van der Waals surface area contributed by atoms with Gasteiger partial charge in [-0.1, -0.05) is 12.1 Å². The molecule has 0 bridgehead atoms. The van der Waals surface area contributed by atoms with Crippen molar-refractivity contribution in [3.63, 3.8) is 0 Å². The topological polar surface area (TPSA) is 118 Å². The van der Waals surface area contributed by atoms with E-state index in [9.17, 15) is 27.6 Å². The standard InChI is InChI=1S/C24H26F3N5O4/c1-29-21(33)20-18(11-14-8-9-30-19(28)12-14)22(34)32(20)23(35)31-10-2-3-16(13-31)15-4-6-17(7-5-15)36-24(25,26)27/h4-9,12,16,18,20H,2-3,10-11,13H2,1H3,(H2,28,30)(H,29,33)/t16?,18-,20+/m1/s1. The first-order valence-corrected chi connectivity index (χ1v) is 11.5. The molecule has 1 unspecified atom stereocenters. The van der Waals surface area contributed by atoms with Crippen LogP contribution in [0, 0.1) is 5.92 Å². The lowest BCUT2D eigenvalue weighted by Gasteiger charge is -2.47. The maximum Gasteiger partial charge on any atom is 0.573 e. The molecule has 0 radical (unpaired) electrons. The van der Waals surface area contributed by atoms with Gasteiger partial charge in [-0.15, -0.1) is 13.2 Å². The molecule has 2 aliphatic heterocycles. The summed E-state index contributed by atoms with van der Waals surface area (Å²) in [7, 11) is 1.44. The van der Waals surface area contributed by atoms with Crippen molar-refractivity contribution in [2.24, 2.45) is 5.92 Å². The van der Waals surface area contributed by atoms with E-state index in [1.807, 2.05) is 0 Å². The van der Waals surface area contributed by atoms with E-state index in [-0.39, 0.29) is 24.6 Å². The molecule has 192 valence electrons. The van der Waals surface area contributed by atoms with Crippen LogP contribution >= 0.6 is 0 Å². The highest BCUT2D eigenvalue weighted by Crippen LogP contribution is 2.35. The summed E-state index contributed by atoms with van der Waals surface area (Å²) in [5.74, 6) is -1.76. The number of alkyl halides is 3. The van der Waals surface area contributed by atoms with Gasteiger partial charge in [-0.2, -0.15) is 0 Å². The normalized spacial score (nSPS) is 22.1. The number of carbonyl (C=O) groups excluding carboxylic acids is 3. The number of amides is 4. The third-order valence-electron chi connectivity index (χ3n) is 6.51. The number of hydrogen-bond donors (Lipinski definition) is 2. The SMILES string of the molecule is CNC(=O)[C@@H]1[C@@H](Cc2ccnc(N)c2)C(=O)N1C(=O)N1CCCC(c2ccc(OC(F)(F)F)cc2)C1. The first-order chi connectivity index (χ1) is 17.1. The third kappa shape index (κ3) is 5.37. The maximum atomic E-state index is 13.3. The predicted molar refractivity (Wildman–Crippen MR) is 123 cm³/mol. The summed E-state index contributed by atoms with van der Waals surface area (Å²) in [6.07, 6.45) is -1.65. The molecule has 4 amide bonds. The second-order valence-electron chi connectivity index (χ2n) is 8.85. The van der Waals surface area contributed by atoms with Crippen LogP contribution in [0.3, 0.4) is 0 Å². The lowest BCUT2D eigenvalue weighted by molar-refractivity contribution is -0.274. The fourth-order valence-electron chi connectivity index (χ4n) is 4.80. The first kappa shape index (κ1) is 25.3. The molecule has 0 spiro atoms. The van der Waals surface area contributed by atoms with Gasteiger partial charge < -0.3 is 20.7 Å². The molecule has 3 heterocycles. The van der Waals surface area contributed by atoms with Crippen LogP contribution in [-0.4, -0.2) is 65.2 Å². The van der Waals surface area contributed by atoms with Crippen molar-refractivity contribution in [1.82, 2.24) is 20.1 Å². The fraction of sp³-hybridized carbons (Fsp3) is 0.417. The number of nitrogens with zero attached hydrogens (tertiary/aromatic N) is 3. The molecule has 3 N–H and O–H groups in total. The Morgan fingerprint density at radius 1 is 1.22 bits per heavy atom. The third-order valence-corrected chi connectivity index (χ3v) is 6.51. The number of nitrogens with two attached hydrogens (primary N) is 1. The molecule has 12 heteroatoms. The number of piperidine rings is 1. The molecular formula is C24H26F3N5O4. The number of rotatable bonds is 5. The van der Waals surface area contributed by atoms with E-state index < -0.39 is 36.2 Å². The van der Waals surface area contributed by atoms with Crippen LogP contribution in [0.25, 0.3) is 0 Å². The maximum absolute atomic E-state index is 13.3. The molecule has 2 saturated heterocycles. The van der Waals surface area contributed by atoms with E-state index in [2.05, 4.69) is 15.0 Å². The van der Waals surface area contributed by atoms with Gasteiger partial charge in [-0.3, -0.25) is 14.5 Å². The quantitative estimate of drug-likeness (QED) is 0.604. The zero-order valence-corrected chi connectivity index (χ0v) is 19.5. The van der Waals surface area contributed by atoms with Crippen LogP contribution in [0.15, 0.2) is 42.6 Å². The van der Waals surface area contributed by atoms with Crippen molar-refractivity contribution in [2.45, 2.75) is 37.6 Å². The second kappa shape index (κ2) is 10.0. The lowest BCUT2D eigenvalue weighted by atomic mass is 9.82. The minimum atomic E-state index is -4.78. The number of urea groups is 1. The number of likely N-dealkylation sites (N-methyl/N-ethyl adjacent to an activating group) is 1. The van der Waals surface area contributed by atoms with Gasteiger partial charge in [0.1, 0.15) is 17.6 Å². The summed E-state index contributed by atoms with van der Waals surface area (Å²) in [5, 5.41) is 2.53. The van der Waals surface area contributed by atoms with Crippen molar-refractivity contribution >= 4 is 23.7 Å². The number of ether oxygens (including phenoxy) is 1. The Bertz CT molecular complexity index is 1140. The van der Waals surface area contributed by atoms with Gasteiger partial charge in [0.25, 0.3) is 0 Å². The number of halogens is 3. The Morgan fingerprint density at radius 2 is 1.94 bits per heavy atom. The van der Waals surface area contributed by atoms with E-state index in [4.69, 9.17) is 5.73 Å².